The van der Waals surface area contributed by atoms with E-state index in [2.05, 4.69) is 44.9 Å². The van der Waals surface area contributed by atoms with E-state index in [-0.39, 0.29) is 47.5 Å². The number of fused-ring (bicyclic) bond motifs is 4. The van der Waals surface area contributed by atoms with Crippen LogP contribution in [0.25, 0.3) is 0 Å². The van der Waals surface area contributed by atoms with Crippen LogP contribution >= 0.6 is 0 Å². The molecule has 1 saturated heterocycles. The van der Waals surface area contributed by atoms with E-state index in [4.69, 9.17) is 9.47 Å². The Morgan fingerprint density at radius 3 is 2.00 bits per heavy atom. The van der Waals surface area contributed by atoms with Gasteiger partial charge in [0.1, 0.15) is 17.2 Å². The van der Waals surface area contributed by atoms with Gasteiger partial charge in [0, 0.05) is 56.1 Å². The minimum atomic E-state index is -0.844. The summed E-state index contributed by atoms with van der Waals surface area (Å²) in [6, 6.07) is 2.93. The normalized spacial score (nSPS) is 17.9. The van der Waals surface area contributed by atoms with Gasteiger partial charge in [-0.1, -0.05) is 124 Å². The monoisotopic (exact) mass is 857 g/mol. The lowest BCUT2D eigenvalue weighted by Crippen LogP contribution is -2.56. The number of hydrogen-bond acceptors (Lipinski definition) is 7. The second kappa shape index (κ2) is 27.8. The zero-order valence-corrected chi connectivity index (χ0v) is 39.2. The van der Waals surface area contributed by atoms with E-state index in [1.165, 1.54) is 76.5 Å². The molecule has 2 amide bonds. The molecule has 0 saturated carbocycles. The molecule has 1 aromatic heterocycles. The van der Waals surface area contributed by atoms with E-state index < -0.39 is 47.2 Å². The van der Waals surface area contributed by atoms with Crippen LogP contribution in [0.4, 0.5) is 8.78 Å². The number of ether oxygens (including phenoxy) is 2. The Bertz CT molecular complexity index is 1760. The molecule has 0 radical (unpaired) electrons. The second-order valence-corrected chi connectivity index (χ2v) is 17.7. The summed E-state index contributed by atoms with van der Waals surface area (Å²) >= 11 is 0. The number of aromatic nitrogens is 1. The molecule has 3 unspecified atom stereocenters. The van der Waals surface area contributed by atoms with Crippen molar-refractivity contribution in [3.05, 3.63) is 63.1 Å². The van der Waals surface area contributed by atoms with Crippen molar-refractivity contribution in [2.24, 2.45) is 16.8 Å². The molecule has 2 aromatic rings. The van der Waals surface area contributed by atoms with E-state index >= 15 is 0 Å². The average Bonchev–Trinajstić information content (AvgIpc) is 3.32. The fourth-order valence-corrected chi connectivity index (χ4v) is 7.28. The minimum absolute atomic E-state index is 0.00280. The van der Waals surface area contributed by atoms with Crippen LogP contribution in [0.2, 0.25) is 0 Å². The summed E-state index contributed by atoms with van der Waals surface area (Å²) in [4.78, 5) is 59.4. The van der Waals surface area contributed by atoms with E-state index in [1.807, 2.05) is 27.7 Å². The van der Waals surface area contributed by atoms with Crippen LogP contribution in [0, 0.1) is 23.5 Å². The summed E-state index contributed by atoms with van der Waals surface area (Å²) in [6.07, 6.45) is 20.0. The van der Waals surface area contributed by atoms with E-state index in [0.29, 0.717) is 19.0 Å². The van der Waals surface area contributed by atoms with Crippen molar-refractivity contribution in [3.63, 3.8) is 0 Å². The molecule has 344 valence electrons. The van der Waals surface area contributed by atoms with Crippen molar-refractivity contribution in [2.75, 3.05) is 20.4 Å². The summed E-state index contributed by atoms with van der Waals surface area (Å²) in [5.74, 6) is -2.68. The van der Waals surface area contributed by atoms with Crippen molar-refractivity contribution in [2.45, 2.75) is 190 Å². The lowest BCUT2D eigenvalue weighted by atomic mass is 9.82. The topological polar surface area (TPSA) is 119 Å². The highest BCUT2D eigenvalue weighted by atomic mass is 19.1. The molecule has 10 nitrogen and oxygen atoms in total. The Kier molecular flexibility index (Phi) is 24.2. The van der Waals surface area contributed by atoms with Crippen LogP contribution < -0.4 is 15.5 Å². The molecule has 0 spiro atoms. The number of rotatable bonds is 21. The van der Waals surface area contributed by atoms with Crippen LogP contribution in [0.5, 0.6) is 5.75 Å². The molecule has 2 bridgehead atoms. The lowest BCUT2D eigenvalue weighted by molar-refractivity contribution is -0.150. The first-order valence-electron chi connectivity index (χ1n) is 23.0. The van der Waals surface area contributed by atoms with Gasteiger partial charge in [0.05, 0.1) is 5.54 Å². The maximum Gasteiger partial charge on any atom is 0.308 e. The van der Waals surface area contributed by atoms with Gasteiger partial charge in [-0.15, -0.1) is 0 Å². The van der Waals surface area contributed by atoms with E-state index in [9.17, 15) is 28.0 Å². The van der Waals surface area contributed by atoms with E-state index in [0.717, 1.165) is 49.8 Å². The van der Waals surface area contributed by atoms with Gasteiger partial charge < -0.3 is 24.3 Å². The van der Waals surface area contributed by atoms with Gasteiger partial charge in [-0.2, -0.15) is 0 Å². The molecule has 3 heterocycles. The number of aliphatic imine (C=N–C) groups is 1. The van der Waals surface area contributed by atoms with Crippen molar-refractivity contribution in [3.8, 4) is 5.75 Å². The molecular weight excluding hydrogens is 779 g/mol. The predicted octanol–water partition coefficient (Wildman–Crippen LogP) is 11.6. The van der Waals surface area contributed by atoms with Crippen LogP contribution in [0.15, 0.2) is 34.2 Å². The molecule has 3 atom stereocenters. The molecule has 1 fully saturated rings. The van der Waals surface area contributed by atoms with Crippen molar-refractivity contribution >= 4 is 23.5 Å². The van der Waals surface area contributed by atoms with Crippen molar-refractivity contribution in [1.82, 2.24) is 14.8 Å². The number of unbranched alkanes of at least 4 members (excludes halogenated alkanes) is 12. The highest BCUT2D eigenvalue weighted by Gasteiger charge is 2.48. The lowest BCUT2D eigenvalue weighted by Gasteiger charge is -2.46. The smallest absolute Gasteiger partial charge is 0.308 e. The molecule has 2 aliphatic heterocycles. The zero-order chi connectivity index (χ0) is 45.5. The first-order chi connectivity index (χ1) is 29.0. The summed E-state index contributed by atoms with van der Waals surface area (Å²) in [5.41, 5.74) is -0.653. The molecule has 0 aliphatic carbocycles. The first kappa shape index (κ1) is 53.0. The molecule has 1 N–H and O–H groups in total. The number of nitrogens with one attached hydrogen (secondary N) is 1. The van der Waals surface area contributed by atoms with Gasteiger partial charge in [-0.3, -0.25) is 24.2 Å². The van der Waals surface area contributed by atoms with Crippen LogP contribution in [-0.2, 0) is 21.6 Å². The zero-order valence-electron chi connectivity index (χ0n) is 39.2. The maximum absolute atomic E-state index is 14.3. The number of pyridine rings is 1. The fraction of sp³-hybridized carbons (Fsp3) is 0.694. The number of carbonyl (C=O) groups is 3. The molecule has 12 heteroatoms. The van der Waals surface area contributed by atoms with Crippen molar-refractivity contribution < 1.29 is 32.6 Å². The molecular formula is C49H78F2N4O6. The minimum Gasteiger partial charge on any atom is -0.451 e. The Labute approximate surface area is 365 Å². The number of amides is 2. The van der Waals surface area contributed by atoms with Gasteiger partial charge >= 0.3 is 5.97 Å². The number of nitrogens with zero attached hydrogens (tertiary/aromatic N) is 3. The summed E-state index contributed by atoms with van der Waals surface area (Å²) in [7, 11) is 1.79. The standard InChI is InChI=1S/C40H57F2N3O6.C5H12.C4H9N/c1-5-6-7-8-9-10-11-12-13-14-15-16-17-18-34(46)50-27-51-37-35-39(49)44-26-40(4,28(2)19-20-29(44)3)45(35)25-32(36(37)47)38(48)43-24-30-21-22-31(41)23-33(30)42;1-4-5(2)3;1-4(2)5-3/h21-23,25,28-29H,5-20,24,26-27H2,1-4H3,(H,43,48);5H,4H2,1-3H3;1-3H3. The third kappa shape index (κ3) is 17.3. The number of carbonyl (C=O) groups excluding carboxylic acids is 3. The highest BCUT2D eigenvalue weighted by molar-refractivity contribution is 5.99. The Morgan fingerprint density at radius 2 is 1.48 bits per heavy atom. The number of halogens is 2. The van der Waals surface area contributed by atoms with Gasteiger partial charge in [0.2, 0.25) is 18.0 Å². The summed E-state index contributed by atoms with van der Waals surface area (Å²) < 4.78 is 40.5. The van der Waals surface area contributed by atoms with Gasteiger partial charge in [-0.05, 0) is 64.9 Å². The van der Waals surface area contributed by atoms with Crippen LogP contribution in [0.1, 0.15) is 198 Å². The summed E-state index contributed by atoms with van der Waals surface area (Å²) in [6.45, 7) is 18.3. The van der Waals surface area contributed by atoms with Gasteiger partial charge in [0.25, 0.3) is 11.8 Å². The first-order valence-corrected chi connectivity index (χ1v) is 23.0. The third-order valence-corrected chi connectivity index (χ3v) is 12.2. The number of esters is 1. The van der Waals surface area contributed by atoms with Gasteiger partial charge in [0.15, 0.2) is 5.69 Å². The molecule has 4 rings (SSSR count). The quantitative estimate of drug-likeness (QED) is 0.0578. The van der Waals surface area contributed by atoms with E-state index in [1.54, 1.807) is 16.5 Å². The Morgan fingerprint density at radius 1 is 0.918 bits per heavy atom. The fourth-order valence-electron chi connectivity index (χ4n) is 7.28. The summed E-state index contributed by atoms with van der Waals surface area (Å²) in [5, 5.41) is 2.54. The largest absolute Gasteiger partial charge is 0.451 e. The number of hydrogen-bond donors (Lipinski definition) is 1. The SMILES string of the molecule is CCC(C)C.CCCCCCCCCCCCCCCC(=O)OCOc1c2n(cc(C(=O)NCc3ccc(F)cc3F)c1=O)C1(C)CN(C2=O)C(C)CCC1C.CN=C(C)C. The Balaban J connectivity index is 0.00000115. The molecule has 1 aromatic carbocycles. The maximum atomic E-state index is 14.3. The molecule has 61 heavy (non-hydrogen) atoms. The predicted molar refractivity (Wildman–Crippen MR) is 243 cm³/mol. The second-order valence-electron chi connectivity index (χ2n) is 17.7. The Hall–Kier alpha value is -4.09. The average molecular weight is 857 g/mol. The third-order valence-electron chi connectivity index (χ3n) is 12.2. The number of benzene rings is 1. The van der Waals surface area contributed by atoms with Crippen LogP contribution in [0.3, 0.4) is 0 Å². The van der Waals surface area contributed by atoms with Crippen LogP contribution in [-0.4, -0.2) is 59.4 Å². The highest BCUT2D eigenvalue weighted by Crippen LogP contribution is 2.41. The molecule has 2 aliphatic rings. The van der Waals surface area contributed by atoms with Gasteiger partial charge in [-0.25, -0.2) is 8.78 Å². The van der Waals surface area contributed by atoms with Crippen molar-refractivity contribution in [1.29, 1.82) is 0 Å².